The first-order valence-electron chi connectivity index (χ1n) is 19.2. The summed E-state index contributed by atoms with van der Waals surface area (Å²) in [6.45, 7) is 0. The van der Waals surface area contributed by atoms with Crippen LogP contribution in [0.5, 0.6) is 0 Å². The number of benzene rings is 6. The normalized spacial score (nSPS) is 13.9. The lowest BCUT2D eigenvalue weighted by Crippen LogP contribution is -2.33. The molecule has 0 spiro atoms. The van der Waals surface area contributed by atoms with Crippen molar-refractivity contribution < 1.29 is 0 Å². The summed E-state index contributed by atoms with van der Waals surface area (Å²) in [5, 5.41) is 0. The molecule has 2 heteroatoms. The molecule has 6 aromatic carbocycles. The molecule has 56 heavy (non-hydrogen) atoms. The second-order valence-corrected chi connectivity index (χ2v) is 14.6. The first-order valence-corrected chi connectivity index (χ1v) is 19.2. The minimum atomic E-state index is -0.699. The fourth-order valence-electron chi connectivity index (χ4n) is 8.81. The molecule has 0 fully saturated rings. The van der Waals surface area contributed by atoms with Gasteiger partial charge in [0.05, 0.1) is 11.4 Å². The van der Waals surface area contributed by atoms with E-state index in [9.17, 15) is 0 Å². The van der Waals surface area contributed by atoms with Crippen LogP contribution in [0.2, 0.25) is 0 Å². The summed E-state index contributed by atoms with van der Waals surface area (Å²) < 4.78 is 0. The van der Waals surface area contributed by atoms with E-state index in [1.165, 1.54) is 44.5 Å². The number of rotatable bonds is 3. The molecular weight excluding hydrogens is 677 g/mol. The highest BCUT2D eigenvalue weighted by Gasteiger charge is 2.42. The van der Waals surface area contributed by atoms with Gasteiger partial charge in [-0.1, -0.05) is 169 Å². The van der Waals surface area contributed by atoms with Crippen molar-refractivity contribution in [1.82, 2.24) is 9.97 Å². The lowest BCUT2D eigenvalue weighted by molar-refractivity contribution is 0.750. The van der Waals surface area contributed by atoms with Gasteiger partial charge in [-0.3, -0.25) is 9.97 Å². The molecule has 0 amide bonds. The third-order valence-corrected chi connectivity index (χ3v) is 11.4. The first kappa shape index (κ1) is 33.3. The maximum atomic E-state index is 5.12. The van der Waals surface area contributed by atoms with Crippen LogP contribution >= 0.6 is 0 Å². The predicted molar refractivity (Wildman–Crippen MR) is 225 cm³/mol. The molecule has 0 N–H and O–H groups in total. The molecule has 2 nitrogen and oxygen atoms in total. The van der Waals surface area contributed by atoms with Crippen molar-refractivity contribution in [2.75, 3.05) is 0 Å². The third-order valence-electron chi connectivity index (χ3n) is 11.4. The van der Waals surface area contributed by atoms with Gasteiger partial charge in [-0.25, -0.2) is 0 Å². The van der Waals surface area contributed by atoms with Crippen molar-refractivity contribution in [2.45, 2.75) is 23.7 Å². The summed E-state index contributed by atoms with van der Waals surface area (Å²) in [6.07, 6.45) is 5.75. The number of hydrogen-bond donors (Lipinski definition) is 0. The van der Waals surface area contributed by atoms with Crippen LogP contribution in [0, 0.1) is 23.7 Å². The van der Waals surface area contributed by atoms with Crippen molar-refractivity contribution in [3.63, 3.8) is 0 Å². The summed E-state index contributed by atoms with van der Waals surface area (Å²) in [7, 11) is 0. The summed E-state index contributed by atoms with van der Waals surface area (Å²) in [4.78, 5) is 10.2. The average Bonchev–Trinajstić information content (AvgIpc) is 3.27. The highest BCUT2D eigenvalue weighted by atomic mass is 14.8. The van der Waals surface area contributed by atoms with Crippen molar-refractivity contribution in [3.8, 4) is 35.1 Å². The van der Waals surface area contributed by atoms with E-state index in [1.54, 1.807) is 0 Å². The van der Waals surface area contributed by atoms with Gasteiger partial charge in [0, 0.05) is 23.5 Å². The van der Waals surface area contributed by atoms with E-state index in [4.69, 9.17) is 9.97 Å². The Kier molecular flexibility index (Phi) is 8.25. The number of fused-ring (bicyclic) bond motifs is 4. The molecule has 0 unspecified atom stereocenters. The highest BCUT2D eigenvalue weighted by molar-refractivity contribution is 5.69. The Hall–Kier alpha value is -7.26. The molecule has 10 rings (SSSR count). The van der Waals surface area contributed by atoms with Crippen molar-refractivity contribution in [3.05, 3.63) is 261 Å². The molecule has 0 radical (unpaired) electrons. The molecule has 0 saturated carbocycles. The van der Waals surface area contributed by atoms with Gasteiger partial charge in [-0.05, 0) is 105 Å². The average molecular weight is 713 g/mol. The zero-order valence-electron chi connectivity index (χ0n) is 30.8. The van der Waals surface area contributed by atoms with E-state index < -0.39 is 10.8 Å². The van der Waals surface area contributed by atoms with Gasteiger partial charge in [-0.15, -0.1) is 0 Å². The fraction of sp³-hybridized carbons (Fsp3) is 0.0741. The molecule has 2 aliphatic rings. The van der Waals surface area contributed by atoms with Crippen LogP contribution in [-0.2, 0) is 23.7 Å². The van der Waals surface area contributed by atoms with E-state index >= 15 is 0 Å². The van der Waals surface area contributed by atoms with Gasteiger partial charge in [-0.2, -0.15) is 0 Å². The number of hydrogen-bond acceptors (Lipinski definition) is 2. The molecule has 0 aliphatic heterocycles. The summed E-state index contributed by atoms with van der Waals surface area (Å²) in [5.74, 6) is 14.7. The highest BCUT2D eigenvalue weighted by Crippen LogP contribution is 2.48. The van der Waals surface area contributed by atoms with E-state index in [-0.39, 0.29) is 0 Å². The molecule has 8 aromatic rings. The quantitative estimate of drug-likeness (QED) is 0.171. The molecule has 262 valence electrons. The zero-order chi connectivity index (χ0) is 37.4. The Morgan fingerprint density at radius 2 is 0.661 bits per heavy atom. The minimum absolute atomic E-state index is 0.699. The van der Waals surface area contributed by atoms with Crippen LogP contribution in [-0.4, -0.2) is 9.97 Å². The lowest BCUT2D eigenvalue weighted by atomic mass is 9.63. The molecule has 0 bridgehead atoms. The zero-order valence-corrected chi connectivity index (χ0v) is 30.8. The molecule has 0 atom stereocenters. The minimum Gasteiger partial charge on any atom is -0.254 e. The summed E-state index contributed by atoms with van der Waals surface area (Å²) in [6, 6.07) is 63.9. The largest absolute Gasteiger partial charge is 0.254 e. The Morgan fingerprint density at radius 3 is 0.982 bits per heavy atom. The van der Waals surface area contributed by atoms with Gasteiger partial charge >= 0.3 is 0 Å². The summed E-state index contributed by atoms with van der Waals surface area (Å²) >= 11 is 0. The van der Waals surface area contributed by atoms with Gasteiger partial charge < -0.3 is 0 Å². The summed E-state index contributed by atoms with van der Waals surface area (Å²) in [5.41, 5.74) is 14.2. The SMILES string of the molecule is C(#CC1(c2ccc(-c3ccc(C4(C#Cc5ccccc5)c5ccccc5Cc5ccccc54)cn3)nc2)c2ccccc2Cc2ccccc21)c1ccccc1. The molecule has 2 aromatic heterocycles. The third kappa shape index (κ3) is 5.55. The Labute approximate surface area is 328 Å². The number of aromatic nitrogens is 2. The topological polar surface area (TPSA) is 25.8 Å². The standard InChI is InChI=1S/C54H36N2/c1-3-15-39(16-4-1)31-33-53(47-23-11-7-19-41(47)35-42-20-8-12-24-48(42)53)45-27-29-51(55-37-45)52-30-28-46(38-56-52)54(34-32-40-17-5-2-6-18-40)49-25-13-9-21-43(49)36-44-22-10-14-26-50(44)54/h1-30,37-38H,35-36H2. The Morgan fingerprint density at radius 1 is 0.339 bits per heavy atom. The van der Waals surface area contributed by atoms with Crippen LogP contribution < -0.4 is 0 Å². The maximum Gasteiger partial charge on any atom is 0.109 e. The Bertz CT molecular complexity index is 2560. The van der Waals surface area contributed by atoms with Crippen LogP contribution in [0.1, 0.15) is 66.8 Å². The van der Waals surface area contributed by atoms with Gasteiger partial charge in [0.15, 0.2) is 0 Å². The second kappa shape index (κ2) is 13.9. The van der Waals surface area contributed by atoms with Gasteiger partial charge in [0.2, 0.25) is 0 Å². The molecule has 2 heterocycles. The molecule has 0 saturated heterocycles. The second-order valence-electron chi connectivity index (χ2n) is 14.6. The van der Waals surface area contributed by atoms with Crippen LogP contribution in [0.4, 0.5) is 0 Å². The van der Waals surface area contributed by atoms with E-state index in [1.807, 2.05) is 48.8 Å². The number of pyridine rings is 2. The molecular formula is C54H36N2. The van der Waals surface area contributed by atoms with E-state index in [0.29, 0.717) is 0 Å². The smallest absolute Gasteiger partial charge is 0.109 e. The monoisotopic (exact) mass is 712 g/mol. The first-order chi connectivity index (χ1) is 27.7. The number of nitrogens with zero attached hydrogens (tertiary/aromatic N) is 2. The van der Waals surface area contributed by atoms with Gasteiger partial charge in [0.25, 0.3) is 0 Å². The van der Waals surface area contributed by atoms with Crippen molar-refractivity contribution in [2.24, 2.45) is 0 Å². The van der Waals surface area contributed by atoms with E-state index in [0.717, 1.165) is 46.5 Å². The predicted octanol–water partition coefficient (Wildman–Crippen LogP) is 10.7. The maximum absolute atomic E-state index is 5.12. The van der Waals surface area contributed by atoms with Crippen LogP contribution in [0.25, 0.3) is 11.4 Å². The Balaban J connectivity index is 1.09. The van der Waals surface area contributed by atoms with Crippen LogP contribution in [0.15, 0.2) is 194 Å². The van der Waals surface area contributed by atoms with Crippen molar-refractivity contribution >= 4 is 0 Å². The molecule has 2 aliphatic carbocycles. The van der Waals surface area contributed by atoms with E-state index in [2.05, 4.69) is 169 Å². The van der Waals surface area contributed by atoms with Crippen molar-refractivity contribution in [1.29, 1.82) is 0 Å². The fourth-order valence-corrected chi connectivity index (χ4v) is 8.81. The van der Waals surface area contributed by atoms with Crippen LogP contribution in [0.3, 0.4) is 0 Å². The lowest BCUT2D eigenvalue weighted by Gasteiger charge is -2.38. The van der Waals surface area contributed by atoms with Gasteiger partial charge in [0.1, 0.15) is 10.8 Å².